The molecule has 0 fully saturated rings. The maximum absolute atomic E-state index is 6.86. The highest BCUT2D eigenvalue weighted by molar-refractivity contribution is 6.15. The van der Waals surface area contributed by atoms with Crippen molar-refractivity contribution in [1.29, 1.82) is 0 Å². The van der Waals surface area contributed by atoms with Crippen LogP contribution in [-0.2, 0) is 11.8 Å². The van der Waals surface area contributed by atoms with Crippen molar-refractivity contribution in [3.63, 3.8) is 0 Å². The summed E-state index contributed by atoms with van der Waals surface area (Å²) in [6.45, 7) is 0. The van der Waals surface area contributed by atoms with E-state index in [4.69, 9.17) is 19.7 Å². The SMILES string of the molecule is C1=Cc2c(c3ccccc3c3cc4c(cc23)C2(c3ccccc3Oc3ccc(-c5ccc(-c6nc(-c7ccccc7)nc(-c7ccccc7)n6)cc5)cc32)c2ccccc2-4)CC1. The van der Waals surface area contributed by atoms with Crippen molar-refractivity contribution < 1.29 is 4.74 Å². The van der Waals surface area contributed by atoms with Crippen LogP contribution in [0.1, 0.15) is 39.8 Å². The maximum Gasteiger partial charge on any atom is 0.164 e. The van der Waals surface area contributed by atoms with Gasteiger partial charge in [-0.3, -0.25) is 0 Å². The van der Waals surface area contributed by atoms with Gasteiger partial charge >= 0.3 is 0 Å². The van der Waals surface area contributed by atoms with Crippen molar-refractivity contribution in [1.82, 2.24) is 15.0 Å². The predicted molar refractivity (Wildman–Crippen MR) is 251 cm³/mol. The molecule has 2 heterocycles. The first-order valence-corrected chi connectivity index (χ1v) is 21.4. The zero-order valence-corrected chi connectivity index (χ0v) is 33.7. The largest absolute Gasteiger partial charge is 0.457 e. The van der Waals surface area contributed by atoms with Crippen LogP contribution in [0.3, 0.4) is 0 Å². The number of hydrogen-bond acceptors (Lipinski definition) is 4. The molecule has 290 valence electrons. The number of para-hydroxylation sites is 1. The Labute approximate surface area is 359 Å². The number of allylic oxidation sites excluding steroid dienone is 1. The quantitative estimate of drug-likeness (QED) is 0.167. The van der Waals surface area contributed by atoms with Gasteiger partial charge in [0.15, 0.2) is 17.5 Å². The molecule has 4 heteroatoms. The second-order valence-corrected chi connectivity index (χ2v) is 16.5. The first-order chi connectivity index (χ1) is 30.7. The molecule has 10 aromatic rings. The average molecular weight is 792 g/mol. The summed E-state index contributed by atoms with van der Waals surface area (Å²) in [5.41, 5.74) is 14.6. The van der Waals surface area contributed by atoms with Gasteiger partial charge in [0.25, 0.3) is 0 Å². The number of aryl methyl sites for hydroxylation is 1. The molecule has 1 atom stereocenters. The molecule has 0 saturated heterocycles. The summed E-state index contributed by atoms with van der Waals surface area (Å²) < 4.78 is 6.86. The average Bonchev–Trinajstić information content (AvgIpc) is 3.63. The summed E-state index contributed by atoms with van der Waals surface area (Å²) in [6, 6.07) is 67.2. The van der Waals surface area contributed by atoms with Crippen molar-refractivity contribution in [2.24, 2.45) is 0 Å². The Kier molecular flexibility index (Phi) is 7.61. The summed E-state index contributed by atoms with van der Waals surface area (Å²) in [6.07, 6.45) is 6.81. The van der Waals surface area contributed by atoms with Crippen LogP contribution in [0, 0.1) is 0 Å². The molecule has 1 aliphatic heterocycles. The fourth-order valence-corrected chi connectivity index (χ4v) is 10.5. The Morgan fingerprint density at radius 3 is 1.71 bits per heavy atom. The van der Waals surface area contributed by atoms with Gasteiger partial charge in [0.2, 0.25) is 0 Å². The Bertz CT molecular complexity index is 3430. The van der Waals surface area contributed by atoms with Gasteiger partial charge in [-0.1, -0.05) is 170 Å². The Hall–Kier alpha value is -7.95. The molecule has 0 saturated carbocycles. The molecule has 1 unspecified atom stereocenters. The van der Waals surface area contributed by atoms with Crippen LogP contribution in [-0.4, -0.2) is 15.0 Å². The lowest BCUT2D eigenvalue weighted by molar-refractivity contribution is 0.436. The number of benzene rings is 9. The third kappa shape index (κ3) is 5.10. The fraction of sp³-hybridized carbons (Fsp3) is 0.0517. The molecule has 4 nitrogen and oxygen atoms in total. The summed E-state index contributed by atoms with van der Waals surface area (Å²) in [5.74, 6) is 3.69. The van der Waals surface area contributed by atoms with E-state index in [-0.39, 0.29) is 0 Å². The van der Waals surface area contributed by atoms with E-state index in [1.807, 2.05) is 60.7 Å². The van der Waals surface area contributed by atoms with E-state index in [1.165, 1.54) is 54.9 Å². The lowest BCUT2D eigenvalue weighted by Gasteiger charge is -2.39. The Balaban J connectivity index is 1.000. The smallest absolute Gasteiger partial charge is 0.164 e. The first kappa shape index (κ1) is 34.9. The van der Waals surface area contributed by atoms with E-state index in [1.54, 1.807) is 0 Å². The van der Waals surface area contributed by atoms with E-state index in [2.05, 4.69) is 140 Å². The summed E-state index contributed by atoms with van der Waals surface area (Å²) >= 11 is 0. The lowest BCUT2D eigenvalue weighted by Crippen LogP contribution is -2.32. The molecule has 0 amide bonds. The molecule has 1 spiro atoms. The topological polar surface area (TPSA) is 47.9 Å². The standard InChI is InChI=1S/C58H37N3O/c1-3-15-37(16-4-1)55-59-56(38-17-5-2-6-18-38)61-57(60-55)39-29-27-36(28-30-39)40-31-32-54-52(33-40)58(50-25-13-14-26-53(50)62-54)49-24-12-11-23-45(49)48-34-46-43-21-9-7-19-41(43)42-20-8-10-22-44(42)47(46)35-51(48)58/h1-7,9-19,21-35H,8,20H2. The van der Waals surface area contributed by atoms with E-state index >= 15 is 0 Å². The molecular formula is C58H37N3O. The number of ether oxygens (including phenoxy) is 1. The zero-order valence-electron chi connectivity index (χ0n) is 33.7. The molecule has 62 heavy (non-hydrogen) atoms. The minimum absolute atomic E-state index is 0.607. The highest BCUT2D eigenvalue weighted by Crippen LogP contribution is 2.63. The van der Waals surface area contributed by atoms with Gasteiger partial charge in [0.05, 0.1) is 5.41 Å². The number of rotatable bonds is 4. The van der Waals surface area contributed by atoms with Gasteiger partial charge in [0.1, 0.15) is 11.5 Å². The van der Waals surface area contributed by atoms with Gasteiger partial charge in [-0.2, -0.15) is 0 Å². The molecule has 0 radical (unpaired) electrons. The van der Waals surface area contributed by atoms with Gasteiger partial charge in [-0.25, -0.2) is 15.0 Å². The van der Waals surface area contributed by atoms with E-state index < -0.39 is 5.41 Å². The van der Waals surface area contributed by atoms with Crippen LogP contribution < -0.4 is 4.74 Å². The van der Waals surface area contributed by atoms with Gasteiger partial charge < -0.3 is 4.74 Å². The van der Waals surface area contributed by atoms with Crippen LogP contribution in [0.4, 0.5) is 0 Å². The van der Waals surface area contributed by atoms with Crippen molar-refractivity contribution >= 4 is 27.6 Å². The van der Waals surface area contributed by atoms with Crippen molar-refractivity contribution in [2.75, 3.05) is 0 Å². The molecule has 13 rings (SSSR count). The van der Waals surface area contributed by atoms with E-state index in [0.29, 0.717) is 17.5 Å². The number of hydrogen-bond donors (Lipinski definition) is 0. The Morgan fingerprint density at radius 1 is 0.387 bits per heavy atom. The lowest BCUT2D eigenvalue weighted by atomic mass is 9.65. The highest BCUT2D eigenvalue weighted by atomic mass is 16.5. The van der Waals surface area contributed by atoms with Gasteiger partial charge in [-0.05, 0) is 109 Å². The normalized spacial score (nSPS) is 15.4. The number of fused-ring (bicyclic) bond motifs is 15. The Morgan fingerprint density at radius 2 is 0.968 bits per heavy atom. The first-order valence-electron chi connectivity index (χ1n) is 21.4. The van der Waals surface area contributed by atoms with Gasteiger partial charge in [0, 0.05) is 27.8 Å². The minimum atomic E-state index is -0.607. The summed E-state index contributed by atoms with van der Waals surface area (Å²) in [4.78, 5) is 14.9. The second-order valence-electron chi connectivity index (χ2n) is 16.5. The third-order valence-corrected chi connectivity index (χ3v) is 13.3. The van der Waals surface area contributed by atoms with Crippen LogP contribution in [0.5, 0.6) is 11.5 Å². The molecule has 0 bridgehead atoms. The molecule has 1 aromatic heterocycles. The number of aromatic nitrogens is 3. The molecular weight excluding hydrogens is 755 g/mol. The molecule has 2 aliphatic carbocycles. The minimum Gasteiger partial charge on any atom is -0.457 e. The second kappa shape index (κ2) is 13.5. The van der Waals surface area contributed by atoms with Crippen LogP contribution >= 0.6 is 0 Å². The van der Waals surface area contributed by atoms with E-state index in [0.717, 1.165) is 63.3 Å². The van der Waals surface area contributed by atoms with Crippen molar-refractivity contribution in [3.05, 3.63) is 228 Å². The fourth-order valence-electron chi connectivity index (χ4n) is 10.5. The van der Waals surface area contributed by atoms with Crippen molar-refractivity contribution in [2.45, 2.75) is 18.3 Å². The van der Waals surface area contributed by atoms with E-state index in [9.17, 15) is 0 Å². The monoisotopic (exact) mass is 791 g/mol. The van der Waals surface area contributed by atoms with Crippen molar-refractivity contribution in [3.8, 4) is 67.9 Å². The van der Waals surface area contributed by atoms with Crippen LogP contribution in [0.2, 0.25) is 0 Å². The molecule has 9 aromatic carbocycles. The zero-order chi connectivity index (χ0) is 40.8. The third-order valence-electron chi connectivity index (χ3n) is 13.3. The predicted octanol–water partition coefficient (Wildman–Crippen LogP) is 14.3. The van der Waals surface area contributed by atoms with Crippen LogP contribution in [0.25, 0.3) is 84.0 Å². The highest BCUT2D eigenvalue weighted by Gasteiger charge is 2.51. The summed E-state index contributed by atoms with van der Waals surface area (Å²) in [7, 11) is 0. The molecule has 3 aliphatic rings. The number of nitrogens with zero attached hydrogens (tertiary/aromatic N) is 3. The molecule has 0 N–H and O–H groups in total. The maximum atomic E-state index is 6.86. The van der Waals surface area contributed by atoms with Gasteiger partial charge in [-0.15, -0.1) is 0 Å². The summed E-state index contributed by atoms with van der Waals surface area (Å²) in [5, 5.41) is 5.29. The van der Waals surface area contributed by atoms with Crippen LogP contribution in [0.15, 0.2) is 194 Å².